The van der Waals surface area contributed by atoms with Crippen LogP contribution < -0.4 is 5.73 Å². The summed E-state index contributed by atoms with van der Waals surface area (Å²) in [5.74, 6) is 1.93. The fourth-order valence-electron chi connectivity index (χ4n) is 2.97. The highest BCUT2D eigenvalue weighted by Gasteiger charge is 2.41. The second-order valence-electron chi connectivity index (χ2n) is 5.49. The van der Waals surface area contributed by atoms with E-state index in [0.29, 0.717) is 5.54 Å². The topological polar surface area (TPSA) is 29.3 Å². The van der Waals surface area contributed by atoms with Gasteiger partial charge in [0.2, 0.25) is 0 Å². The molecule has 0 aromatic rings. The summed E-state index contributed by atoms with van der Waals surface area (Å²) in [6, 6.07) is 0. The fourth-order valence-corrected chi connectivity index (χ4v) is 2.97. The molecule has 2 unspecified atom stereocenters. The van der Waals surface area contributed by atoms with Crippen molar-refractivity contribution < 1.29 is 0 Å². The Morgan fingerprint density at radius 2 is 1.93 bits per heavy atom. The van der Waals surface area contributed by atoms with Crippen LogP contribution in [-0.4, -0.2) is 30.6 Å². The first-order valence-electron chi connectivity index (χ1n) is 6.09. The average molecular weight is 196 g/mol. The molecule has 0 aromatic heterocycles. The molecule has 2 aliphatic rings. The van der Waals surface area contributed by atoms with Crippen molar-refractivity contribution in [2.75, 3.05) is 20.1 Å². The van der Waals surface area contributed by atoms with Crippen LogP contribution in [0.4, 0.5) is 0 Å². The van der Waals surface area contributed by atoms with Gasteiger partial charge in [0.15, 0.2) is 0 Å². The summed E-state index contributed by atoms with van der Waals surface area (Å²) in [5.41, 5.74) is 6.32. The molecule has 2 nitrogen and oxygen atoms in total. The maximum Gasteiger partial charge on any atom is 0.0328 e. The minimum Gasteiger partial charge on any atom is -0.329 e. The van der Waals surface area contributed by atoms with E-state index < -0.39 is 0 Å². The van der Waals surface area contributed by atoms with Crippen molar-refractivity contribution in [2.45, 2.75) is 44.6 Å². The number of nitrogens with two attached hydrogens (primary N) is 1. The molecule has 0 heterocycles. The molecule has 0 radical (unpaired) electrons. The summed E-state index contributed by atoms with van der Waals surface area (Å²) in [6.07, 6.45) is 6.83. The maximum atomic E-state index is 5.96. The monoisotopic (exact) mass is 196 g/mol. The quantitative estimate of drug-likeness (QED) is 0.743. The predicted molar refractivity (Wildman–Crippen MR) is 60.2 cm³/mol. The summed E-state index contributed by atoms with van der Waals surface area (Å²) in [5, 5.41) is 0. The summed E-state index contributed by atoms with van der Waals surface area (Å²) >= 11 is 0. The van der Waals surface area contributed by atoms with Gasteiger partial charge >= 0.3 is 0 Å². The van der Waals surface area contributed by atoms with Gasteiger partial charge in [0.25, 0.3) is 0 Å². The van der Waals surface area contributed by atoms with E-state index >= 15 is 0 Å². The van der Waals surface area contributed by atoms with Gasteiger partial charge in [0, 0.05) is 18.6 Å². The van der Waals surface area contributed by atoms with Crippen molar-refractivity contribution in [3.8, 4) is 0 Å². The molecule has 0 spiro atoms. The molecule has 2 saturated carbocycles. The van der Waals surface area contributed by atoms with Crippen LogP contribution in [0.15, 0.2) is 0 Å². The number of nitrogens with zero attached hydrogens (tertiary/aromatic N) is 1. The van der Waals surface area contributed by atoms with Gasteiger partial charge in [-0.05, 0) is 38.1 Å². The van der Waals surface area contributed by atoms with Gasteiger partial charge in [0.1, 0.15) is 0 Å². The molecule has 2 atom stereocenters. The number of likely N-dealkylation sites (N-methyl/N-ethyl adjacent to an activating group) is 1. The van der Waals surface area contributed by atoms with E-state index in [-0.39, 0.29) is 0 Å². The second-order valence-corrected chi connectivity index (χ2v) is 5.49. The van der Waals surface area contributed by atoms with E-state index in [1.54, 1.807) is 0 Å². The lowest BCUT2D eigenvalue weighted by atomic mass is 9.95. The predicted octanol–water partition coefficient (Wildman–Crippen LogP) is 1.85. The third-order valence-corrected chi connectivity index (χ3v) is 4.51. The first-order chi connectivity index (χ1) is 6.68. The molecule has 0 aliphatic heterocycles. The molecule has 2 heteroatoms. The molecule has 14 heavy (non-hydrogen) atoms. The van der Waals surface area contributed by atoms with Crippen LogP contribution >= 0.6 is 0 Å². The highest BCUT2D eigenvalue weighted by atomic mass is 15.2. The zero-order chi connectivity index (χ0) is 10.2. The first-order valence-corrected chi connectivity index (χ1v) is 6.09. The van der Waals surface area contributed by atoms with Gasteiger partial charge in [-0.1, -0.05) is 19.8 Å². The standard InChI is InChI=1S/C12H24N2/c1-10-7-11(10)8-14(2)12(9-13)5-3-4-6-12/h10-11H,3-9,13H2,1-2H3. The lowest BCUT2D eigenvalue weighted by Gasteiger charge is -2.38. The normalized spacial score (nSPS) is 35.1. The van der Waals surface area contributed by atoms with Crippen LogP contribution in [0.25, 0.3) is 0 Å². The van der Waals surface area contributed by atoms with E-state index in [0.717, 1.165) is 18.4 Å². The van der Waals surface area contributed by atoms with Gasteiger partial charge in [-0.25, -0.2) is 0 Å². The van der Waals surface area contributed by atoms with Gasteiger partial charge in [0.05, 0.1) is 0 Å². The Labute approximate surface area is 87.8 Å². The minimum absolute atomic E-state index is 0.363. The van der Waals surface area contributed by atoms with Crippen molar-refractivity contribution in [1.29, 1.82) is 0 Å². The van der Waals surface area contributed by atoms with E-state index in [9.17, 15) is 0 Å². The van der Waals surface area contributed by atoms with Crippen LogP contribution in [-0.2, 0) is 0 Å². The van der Waals surface area contributed by atoms with Crippen molar-refractivity contribution in [1.82, 2.24) is 4.90 Å². The summed E-state index contributed by atoms with van der Waals surface area (Å²) in [7, 11) is 2.28. The molecular formula is C12H24N2. The summed E-state index contributed by atoms with van der Waals surface area (Å²) in [6.45, 7) is 4.49. The van der Waals surface area contributed by atoms with E-state index in [2.05, 4.69) is 18.9 Å². The molecule has 0 saturated heterocycles. The Kier molecular flexibility index (Phi) is 2.85. The average Bonchev–Trinajstić information content (AvgIpc) is 2.73. The molecule has 2 fully saturated rings. The van der Waals surface area contributed by atoms with E-state index in [4.69, 9.17) is 5.73 Å². The van der Waals surface area contributed by atoms with E-state index in [1.165, 1.54) is 38.6 Å². The van der Waals surface area contributed by atoms with Crippen molar-refractivity contribution in [3.05, 3.63) is 0 Å². The second kappa shape index (κ2) is 3.82. The van der Waals surface area contributed by atoms with Crippen LogP contribution in [0.2, 0.25) is 0 Å². The van der Waals surface area contributed by atoms with Crippen LogP contribution in [0.5, 0.6) is 0 Å². The zero-order valence-corrected chi connectivity index (χ0v) is 9.63. The van der Waals surface area contributed by atoms with E-state index in [1.807, 2.05) is 0 Å². The molecular weight excluding hydrogens is 172 g/mol. The highest BCUT2D eigenvalue weighted by Crippen LogP contribution is 2.41. The number of rotatable bonds is 4. The molecule has 2 N–H and O–H groups in total. The Hall–Kier alpha value is -0.0800. The van der Waals surface area contributed by atoms with Crippen LogP contribution in [0, 0.1) is 11.8 Å². The lowest BCUT2D eigenvalue weighted by Crippen LogP contribution is -2.50. The molecule has 2 aliphatic carbocycles. The minimum atomic E-state index is 0.363. The highest BCUT2D eigenvalue weighted by molar-refractivity contribution is 4.97. The lowest BCUT2D eigenvalue weighted by molar-refractivity contribution is 0.124. The van der Waals surface area contributed by atoms with Crippen molar-refractivity contribution in [3.63, 3.8) is 0 Å². The fraction of sp³-hybridized carbons (Fsp3) is 1.00. The Morgan fingerprint density at radius 1 is 1.36 bits per heavy atom. The molecule has 82 valence electrons. The molecule has 0 aromatic carbocycles. The zero-order valence-electron chi connectivity index (χ0n) is 9.63. The smallest absolute Gasteiger partial charge is 0.0328 e. The van der Waals surface area contributed by atoms with Crippen molar-refractivity contribution >= 4 is 0 Å². The molecule has 2 rings (SSSR count). The van der Waals surface area contributed by atoms with Crippen molar-refractivity contribution in [2.24, 2.45) is 17.6 Å². The van der Waals surface area contributed by atoms with Crippen LogP contribution in [0.3, 0.4) is 0 Å². The summed E-state index contributed by atoms with van der Waals surface area (Å²) in [4.78, 5) is 2.56. The van der Waals surface area contributed by atoms with Gasteiger partial charge < -0.3 is 5.73 Å². The van der Waals surface area contributed by atoms with Gasteiger partial charge in [-0.15, -0.1) is 0 Å². The van der Waals surface area contributed by atoms with Crippen LogP contribution in [0.1, 0.15) is 39.0 Å². The third-order valence-electron chi connectivity index (χ3n) is 4.51. The Balaban J connectivity index is 1.90. The largest absolute Gasteiger partial charge is 0.329 e. The first kappa shape index (κ1) is 10.4. The summed E-state index contributed by atoms with van der Waals surface area (Å²) < 4.78 is 0. The van der Waals surface area contributed by atoms with Gasteiger partial charge in [-0.2, -0.15) is 0 Å². The van der Waals surface area contributed by atoms with Gasteiger partial charge in [-0.3, -0.25) is 4.90 Å². The molecule has 0 bridgehead atoms. The Morgan fingerprint density at radius 3 is 2.36 bits per heavy atom. The number of hydrogen-bond acceptors (Lipinski definition) is 2. The SMILES string of the molecule is CC1CC1CN(C)C1(CN)CCCC1. The third kappa shape index (κ3) is 1.82. The number of hydrogen-bond donors (Lipinski definition) is 1. The molecule has 0 amide bonds. The Bertz CT molecular complexity index is 196. The maximum absolute atomic E-state index is 5.96.